The fraction of sp³-hybridized carbons (Fsp3) is 0.0588. The molecule has 0 fully saturated rings. The third-order valence-electron chi connectivity index (χ3n) is 3.53. The molecule has 0 atom stereocenters. The number of nitrogens with zero attached hydrogens (tertiary/aromatic N) is 2. The van der Waals surface area contributed by atoms with E-state index >= 15 is 0 Å². The summed E-state index contributed by atoms with van der Waals surface area (Å²) in [7, 11) is 0. The summed E-state index contributed by atoms with van der Waals surface area (Å²) in [4.78, 5) is 26.9. The molecule has 3 rings (SSSR count). The Balaban J connectivity index is 1.94. The number of hydrogen-bond acceptors (Lipinski definition) is 4. The van der Waals surface area contributed by atoms with Gasteiger partial charge in [0, 0.05) is 29.3 Å². The van der Waals surface area contributed by atoms with E-state index in [-0.39, 0.29) is 5.69 Å². The lowest BCUT2D eigenvalue weighted by Gasteiger charge is -2.09. The molecule has 7 heteroatoms. The molecule has 0 saturated carbocycles. The first-order valence-corrected chi connectivity index (χ1v) is 7.07. The number of nitrogens with one attached hydrogen (secondary N) is 1. The van der Waals surface area contributed by atoms with Crippen LogP contribution >= 0.6 is 0 Å². The highest BCUT2D eigenvalue weighted by molar-refractivity contribution is 6.06. The maximum absolute atomic E-state index is 13.2. The largest absolute Gasteiger partial charge is 0.322 e. The second-order valence-electron chi connectivity index (χ2n) is 5.22. The summed E-state index contributed by atoms with van der Waals surface area (Å²) in [6.07, 6.45) is 0. The Morgan fingerprint density at radius 3 is 2.75 bits per heavy atom. The molecule has 120 valence electrons. The molecule has 3 aromatic rings. The van der Waals surface area contributed by atoms with Gasteiger partial charge in [-0.1, -0.05) is 6.07 Å². The number of halogens is 1. The number of non-ortho nitro benzene ring substituents is 1. The van der Waals surface area contributed by atoms with Crippen LogP contribution in [-0.4, -0.2) is 15.8 Å². The van der Waals surface area contributed by atoms with Crippen LogP contribution in [0.25, 0.3) is 10.9 Å². The number of nitro benzene ring substituents is 1. The minimum Gasteiger partial charge on any atom is -0.322 e. The predicted molar refractivity (Wildman–Crippen MR) is 87.5 cm³/mol. The molecule has 0 aliphatic rings. The van der Waals surface area contributed by atoms with Gasteiger partial charge in [-0.15, -0.1) is 0 Å². The van der Waals surface area contributed by atoms with E-state index in [1.54, 1.807) is 25.1 Å². The summed E-state index contributed by atoms with van der Waals surface area (Å²) < 4.78 is 13.2. The summed E-state index contributed by atoms with van der Waals surface area (Å²) in [5.41, 5.74) is 1.42. The third-order valence-corrected chi connectivity index (χ3v) is 3.53. The molecule has 2 aromatic carbocycles. The van der Waals surface area contributed by atoms with Crippen LogP contribution in [0.5, 0.6) is 0 Å². The fourth-order valence-electron chi connectivity index (χ4n) is 2.36. The predicted octanol–water partition coefficient (Wildman–Crippen LogP) is 3.84. The van der Waals surface area contributed by atoms with E-state index in [0.29, 0.717) is 27.8 Å². The number of amides is 1. The van der Waals surface area contributed by atoms with E-state index in [9.17, 15) is 19.3 Å². The van der Waals surface area contributed by atoms with Gasteiger partial charge >= 0.3 is 0 Å². The summed E-state index contributed by atoms with van der Waals surface area (Å²) in [5, 5.41) is 14.0. The first kappa shape index (κ1) is 15.5. The monoisotopic (exact) mass is 325 g/mol. The van der Waals surface area contributed by atoms with Crippen LogP contribution in [0.4, 0.5) is 15.8 Å². The van der Waals surface area contributed by atoms with Crippen LogP contribution in [-0.2, 0) is 0 Å². The van der Waals surface area contributed by atoms with E-state index in [4.69, 9.17) is 0 Å². The van der Waals surface area contributed by atoms with Crippen molar-refractivity contribution in [2.75, 3.05) is 5.32 Å². The van der Waals surface area contributed by atoms with Crippen molar-refractivity contribution in [3.63, 3.8) is 0 Å². The number of carbonyl (C=O) groups is 1. The van der Waals surface area contributed by atoms with Gasteiger partial charge in [0.05, 0.1) is 21.7 Å². The summed E-state index contributed by atoms with van der Waals surface area (Å²) in [6, 6.07) is 11.4. The Bertz CT molecular complexity index is 972. The first-order valence-electron chi connectivity index (χ1n) is 7.07. The second kappa shape index (κ2) is 6.04. The van der Waals surface area contributed by atoms with Crippen LogP contribution in [0.2, 0.25) is 0 Å². The van der Waals surface area contributed by atoms with Crippen molar-refractivity contribution < 1.29 is 14.1 Å². The number of nitro groups is 1. The molecular weight excluding hydrogens is 313 g/mol. The van der Waals surface area contributed by atoms with E-state index in [1.807, 2.05) is 0 Å². The van der Waals surface area contributed by atoms with Crippen molar-refractivity contribution in [3.8, 4) is 0 Å². The minimum absolute atomic E-state index is 0.114. The minimum atomic E-state index is -0.535. The molecule has 0 radical (unpaired) electrons. The van der Waals surface area contributed by atoms with Crippen LogP contribution < -0.4 is 5.32 Å². The number of aromatic nitrogens is 1. The first-order chi connectivity index (χ1) is 11.4. The number of benzene rings is 2. The number of hydrogen-bond donors (Lipinski definition) is 1. The summed E-state index contributed by atoms with van der Waals surface area (Å²) >= 11 is 0. The van der Waals surface area contributed by atoms with Crippen LogP contribution in [0.3, 0.4) is 0 Å². The maximum Gasteiger partial charge on any atom is 0.271 e. The highest BCUT2D eigenvalue weighted by Gasteiger charge is 2.14. The van der Waals surface area contributed by atoms with Gasteiger partial charge in [0.2, 0.25) is 0 Å². The molecule has 0 aliphatic heterocycles. The fourth-order valence-corrected chi connectivity index (χ4v) is 2.36. The van der Waals surface area contributed by atoms with Gasteiger partial charge in [-0.2, -0.15) is 0 Å². The number of rotatable bonds is 3. The van der Waals surface area contributed by atoms with E-state index < -0.39 is 16.6 Å². The number of aryl methyl sites for hydroxylation is 1. The number of anilines is 1. The van der Waals surface area contributed by atoms with Gasteiger partial charge in [-0.3, -0.25) is 19.9 Å². The Morgan fingerprint density at radius 1 is 1.21 bits per heavy atom. The molecule has 1 heterocycles. The molecular formula is C17H12FN3O3. The van der Waals surface area contributed by atoms with Crippen molar-refractivity contribution in [1.29, 1.82) is 0 Å². The van der Waals surface area contributed by atoms with E-state index in [0.717, 1.165) is 0 Å². The average Bonchev–Trinajstić information content (AvgIpc) is 2.54. The average molecular weight is 325 g/mol. The highest BCUT2D eigenvalue weighted by Crippen LogP contribution is 2.21. The van der Waals surface area contributed by atoms with Crippen LogP contribution in [0, 0.1) is 22.9 Å². The van der Waals surface area contributed by atoms with Gasteiger partial charge in [0.25, 0.3) is 11.6 Å². The Morgan fingerprint density at radius 2 is 2.00 bits per heavy atom. The number of fused-ring (bicyclic) bond motifs is 1. The normalized spacial score (nSPS) is 10.6. The Labute approximate surface area is 136 Å². The molecule has 0 spiro atoms. The Kier molecular flexibility index (Phi) is 3.91. The topological polar surface area (TPSA) is 85.1 Å². The summed E-state index contributed by atoms with van der Waals surface area (Å²) in [5.74, 6) is -0.838. The van der Waals surface area contributed by atoms with Crippen molar-refractivity contribution in [3.05, 3.63) is 75.7 Å². The van der Waals surface area contributed by atoms with Gasteiger partial charge in [0.1, 0.15) is 5.82 Å². The molecule has 1 N–H and O–H groups in total. The van der Waals surface area contributed by atoms with Crippen molar-refractivity contribution in [2.45, 2.75) is 6.92 Å². The molecule has 0 saturated heterocycles. The number of carbonyl (C=O) groups excluding carboxylic acids is 1. The van der Waals surface area contributed by atoms with E-state index in [2.05, 4.69) is 10.3 Å². The van der Waals surface area contributed by atoms with Gasteiger partial charge in [-0.25, -0.2) is 4.39 Å². The zero-order valence-corrected chi connectivity index (χ0v) is 12.6. The van der Waals surface area contributed by atoms with Crippen molar-refractivity contribution >= 4 is 28.2 Å². The quantitative estimate of drug-likeness (QED) is 0.585. The van der Waals surface area contributed by atoms with Crippen molar-refractivity contribution in [2.24, 2.45) is 0 Å². The highest BCUT2D eigenvalue weighted by atomic mass is 19.1. The third kappa shape index (κ3) is 3.05. The standard InChI is InChI=1S/C17H12FN3O3/c1-10-15(7-11-5-6-12(18)8-16(11)19-10)17(22)20-13-3-2-4-14(9-13)21(23)24/h2-9H,1H3,(H,20,22). The molecule has 6 nitrogen and oxygen atoms in total. The zero-order valence-electron chi connectivity index (χ0n) is 12.6. The second-order valence-corrected chi connectivity index (χ2v) is 5.22. The van der Waals surface area contributed by atoms with E-state index in [1.165, 1.54) is 30.3 Å². The molecule has 1 amide bonds. The van der Waals surface area contributed by atoms with Gasteiger partial charge in [0.15, 0.2) is 0 Å². The lowest BCUT2D eigenvalue weighted by atomic mass is 10.1. The van der Waals surface area contributed by atoms with Gasteiger partial charge < -0.3 is 5.32 Å². The molecule has 0 bridgehead atoms. The summed E-state index contributed by atoms with van der Waals surface area (Å²) in [6.45, 7) is 1.65. The smallest absolute Gasteiger partial charge is 0.271 e. The van der Waals surface area contributed by atoms with Crippen molar-refractivity contribution in [1.82, 2.24) is 4.98 Å². The van der Waals surface area contributed by atoms with Crippen LogP contribution in [0.15, 0.2) is 48.5 Å². The lowest BCUT2D eigenvalue weighted by Crippen LogP contribution is -2.14. The molecule has 24 heavy (non-hydrogen) atoms. The lowest BCUT2D eigenvalue weighted by molar-refractivity contribution is -0.384. The zero-order chi connectivity index (χ0) is 17.3. The molecule has 0 aliphatic carbocycles. The molecule has 0 unspecified atom stereocenters. The Hall–Kier alpha value is -3.35. The van der Waals surface area contributed by atoms with Gasteiger partial charge in [-0.05, 0) is 31.2 Å². The molecule has 1 aromatic heterocycles. The maximum atomic E-state index is 13.2. The number of pyridine rings is 1. The van der Waals surface area contributed by atoms with Crippen LogP contribution in [0.1, 0.15) is 16.1 Å². The SMILES string of the molecule is Cc1nc2cc(F)ccc2cc1C(=O)Nc1cccc([N+](=O)[O-])c1.